The summed E-state index contributed by atoms with van der Waals surface area (Å²) in [7, 11) is 0. The maximum Gasteiger partial charge on any atom is 0.142 e. The molecule has 3 nitrogen and oxygen atoms in total. The minimum atomic E-state index is 0.752. The number of allylic oxidation sites excluding steroid dienone is 1. The van der Waals surface area contributed by atoms with Crippen molar-refractivity contribution in [1.82, 2.24) is 9.38 Å². The third-order valence-electron chi connectivity index (χ3n) is 1.79. The molecule has 13 heavy (non-hydrogen) atoms. The van der Waals surface area contributed by atoms with Crippen molar-refractivity contribution in [2.75, 3.05) is 0 Å². The molecule has 64 valence electrons. The van der Waals surface area contributed by atoms with E-state index in [0.29, 0.717) is 0 Å². The Morgan fingerprint density at radius 1 is 1.38 bits per heavy atom. The molecule has 0 saturated heterocycles. The van der Waals surface area contributed by atoms with Crippen LogP contribution in [0.15, 0.2) is 36.7 Å². The van der Waals surface area contributed by atoms with Crippen molar-refractivity contribution < 1.29 is 4.79 Å². The van der Waals surface area contributed by atoms with Gasteiger partial charge >= 0.3 is 0 Å². The molecule has 0 aliphatic rings. The Kier molecular flexibility index (Phi) is 1.92. The van der Waals surface area contributed by atoms with E-state index in [-0.39, 0.29) is 0 Å². The van der Waals surface area contributed by atoms with Crippen LogP contribution in [0.2, 0.25) is 0 Å². The number of pyridine rings is 1. The molecule has 2 aromatic rings. The highest BCUT2D eigenvalue weighted by Crippen LogP contribution is 2.06. The van der Waals surface area contributed by atoms with Gasteiger partial charge in [0.2, 0.25) is 0 Å². The summed E-state index contributed by atoms with van der Waals surface area (Å²) in [6, 6.07) is 5.76. The van der Waals surface area contributed by atoms with Crippen molar-refractivity contribution in [3.8, 4) is 0 Å². The lowest BCUT2D eigenvalue weighted by molar-refractivity contribution is -0.104. The van der Waals surface area contributed by atoms with Gasteiger partial charge in [0.1, 0.15) is 11.9 Å². The first-order chi connectivity index (χ1) is 6.42. The van der Waals surface area contributed by atoms with Crippen LogP contribution >= 0.6 is 0 Å². The zero-order valence-corrected chi connectivity index (χ0v) is 6.92. The number of fused-ring (bicyclic) bond motifs is 1. The molecule has 0 aliphatic heterocycles. The molecule has 2 rings (SSSR count). The topological polar surface area (TPSA) is 34.4 Å². The second-order valence-corrected chi connectivity index (χ2v) is 2.61. The molecule has 0 unspecified atom stereocenters. The Balaban J connectivity index is 2.57. The first-order valence-electron chi connectivity index (χ1n) is 3.96. The molecule has 0 saturated carbocycles. The van der Waals surface area contributed by atoms with E-state index in [2.05, 4.69) is 4.98 Å². The molecular formula is C10H8N2O. The van der Waals surface area contributed by atoms with Gasteiger partial charge in [0.25, 0.3) is 0 Å². The highest BCUT2D eigenvalue weighted by atomic mass is 16.1. The maximum absolute atomic E-state index is 10.1. The summed E-state index contributed by atoms with van der Waals surface area (Å²) < 4.78 is 1.92. The Labute approximate surface area is 75.3 Å². The fraction of sp³-hybridized carbons (Fsp3) is 0. The number of nitrogens with zero attached hydrogens (tertiary/aromatic N) is 2. The molecule has 2 heterocycles. The van der Waals surface area contributed by atoms with E-state index in [1.54, 1.807) is 12.3 Å². The third-order valence-corrected chi connectivity index (χ3v) is 1.79. The van der Waals surface area contributed by atoms with Crippen molar-refractivity contribution in [3.05, 3.63) is 42.4 Å². The molecule has 0 amide bonds. The summed E-state index contributed by atoms with van der Waals surface area (Å²) in [4.78, 5) is 14.3. The molecule has 0 atom stereocenters. The monoisotopic (exact) mass is 172 g/mol. The molecule has 2 aromatic heterocycles. The van der Waals surface area contributed by atoms with Crippen LogP contribution in [0.3, 0.4) is 0 Å². The third kappa shape index (κ3) is 1.36. The summed E-state index contributed by atoms with van der Waals surface area (Å²) in [6.45, 7) is 0. The Hall–Kier alpha value is -1.90. The van der Waals surface area contributed by atoms with Crippen LogP contribution in [-0.2, 0) is 4.79 Å². The molecular weight excluding hydrogens is 164 g/mol. The van der Waals surface area contributed by atoms with E-state index in [9.17, 15) is 4.79 Å². The van der Waals surface area contributed by atoms with Crippen LogP contribution in [0.5, 0.6) is 0 Å². The maximum atomic E-state index is 10.1. The van der Waals surface area contributed by atoms with Gasteiger partial charge in [-0.2, -0.15) is 0 Å². The van der Waals surface area contributed by atoms with Crippen molar-refractivity contribution in [2.45, 2.75) is 0 Å². The fourth-order valence-electron chi connectivity index (χ4n) is 1.21. The number of carbonyl (C=O) groups excluding carboxylic acids is 1. The van der Waals surface area contributed by atoms with E-state index >= 15 is 0 Å². The average molecular weight is 172 g/mol. The van der Waals surface area contributed by atoms with Gasteiger partial charge < -0.3 is 4.40 Å². The summed E-state index contributed by atoms with van der Waals surface area (Å²) in [6.07, 6.45) is 7.58. The number of aldehydes is 1. The molecule has 0 aliphatic carbocycles. The molecule has 0 spiro atoms. The van der Waals surface area contributed by atoms with Gasteiger partial charge in [-0.05, 0) is 24.3 Å². The molecule has 0 N–H and O–H groups in total. The van der Waals surface area contributed by atoms with Crippen LogP contribution in [0.1, 0.15) is 5.69 Å². The van der Waals surface area contributed by atoms with E-state index < -0.39 is 0 Å². The number of aromatic nitrogens is 2. The highest BCUT2D eigenvalue weighted by Gasteiger charge is 1.96. The van der Waals surface area contributed by atoms with Gasteiger partial charge in [0, 0.05) is 6.20 Å². The van der Waals surface area contributed by atoms with E-state index in [1.807, 2.05) is 28.8 Å². The standard InChI is InChI=1S/C10H8N2O/c13-7-3-4-9-8-11-10-5-1-2-6-12(9)10/h1-8H/b4-3+. The van der Waals surface area contributed by atoms with Crippen molar-refractivity contribution >= 4 is 18.0 Å². The number of imidazole rings is 1. The second kappa shape index (κ2) is 3.23. The lowest BCUT2D eigenvalue weighted by Crippen LogP contribution is -1.84. The molecule has 0 aromatic carbocycles. The van der Waals surface area contributed by atoms with Crippen LogP contribution in [0.25, 0.3) is 11.7 Å². The minimum Gasteiger partial charge on any atom is -0.300 e. The normalized spacial score (nSPS) is 11.1. The average Bonchev–Trinajstić information content (AvgIpc) is 2.58. The lowest BCUT2D eigenvalue weighted by atomic mass is 10.4. The van der Waals surface area contributed by atoms with Crippen molar-refractivity contribution in [3.63, 3.8) is 0 Å². The number of rotatable bonds is 2. The Morgan fingerprint density at radius 3 is 3.15 bits per heavy atom. The number of carbonyl (C=O) groups is 1. The summed E-state index contributed by atoms with van der Waals surface area (Å²) >= 11 is 0. The minimum absolute atomic E-state index is 0.752. The van der Waals surface area contributed by atoms with Gasteiger partial charge in [-0.15, -0.1) is 0 Å². The predicted molar refractivity (Wildman–Crippen MR) is 50.3 cm³/mol. The summed E-state index contributed by atoms with van der Waals surface area (Å²) in [5.74, 6) is 0. The zero-order valence-electron chi connectivity index (χ0n) is 6.92. The first-order valence-corrected chi connectivity index (χ1v) is 3.96. The zero-order chi connectivity index (χ0) is 9.10. The van der Waals surface area contributed by atoms with Gasteiger partial charge in [-0.3, -0.25) is 4.79 Å². The number of hydrogen-bond donors (Lipinski definition) is 0. The van der Waals surface area contributed by atoms with Gasteiger partial charge in [-0.1, -0.05) is 6.07 Å². The van der Waals surface area contributed by atoms with E-state index in [0.717, 1.165) is 17.6 Å². The van der Waals surface area contributed by atoms with Crippen molar-refractivity contribution in [2.24, 2.45) is 0 Å². The van der Waals surface area contributed by atoms with E-state index in [1.165, 1.54) is 6.08 Å². The van der Waals surface area contributed by atoms with Gasteiger partial charge in [0.15, 0.2) is 0 Å². The largest absolute Gasteiger partial charge is 0.300 e. The van der Waals surface area contributed by atoms with Crippen LogP contribution in [0.4, 0.5) is 0 Å². The summed E-state index contributed by atoms with van der Waals surface area (Å²) in [5.41, 5.74) is 1.79. The highest BCUT2D eigenvalue weighted by molar-refractivity contribution is 5.73. The fourth-order valence-corrected chi connectivity index (χ4v) is 1.21. The SMILES string of the molecule is O=C/C=C/c1cnc2ccccn12. The second-order valence-electron chi connectivity index (χ2n) is 2.61. The molecule has 0 fully saturated rings. The quantitative estimate of drug-likeness (QED) is 0.508. The van der Waals surface area contributed by atoms with Gasteiger partial charge in [-0.25, -0.2) is 4.98 Å². The molecule has 3 heteroatoms. The number of hydrogen-bond acceptors (Lipinski definition) is 2. The molecule has 0 radical (unpaired) electrons. The van der Waals surface area contributed by atoms with Crippen molar-refractivity contribution in [1.29, 1.82) is 0 Å². The summed E-state index contributed by atoms with van der Waals surface area (Å²) in [5, 5.41) is 0. The van der Waals surface area contributed by atoms with Crippen LogP contribution in [0, 0.1) is 0 Å². The smallest absolute Gasteiger partial charge is 0.142 e. The lowest BCUT2D eigenvalue weighted by Gasteiger charge is -1.93. The first kappa shape index (κ1) is 7.73. The van der Waals surface area contributed by atoms with E-state index in [4.69, 9.17) is 0 Å². The molecule has 0 bridgehead atoms. The van der Waals surface area contributed by atoms with Crippen LogP contribution < -0.4 is 0 Å². The van der Waals surface area contributed by atoms with Crippen LogP contribution in [-0.4, -0.2) is 15.7 Å². The van der Waals surface area contributed by atoms with Gasteiger partial charge in [0.05, 0.1) is 11.9 Å². The Morgan fingerprint density at radius 2 is 2.31 bits per heavy atom. The predicted octanol–water partition coefficient (Wildman–Crippen LogP) is 1.55. The Bertz CT molecular complexity index is 457.